The summed E-state index contributed by atoms with van der Waals surface area (Å²) in [5, 5.41) is 3.24. The number of carbonyl (C=O) groups excluding carboxylic acids is 1. The molecule has 0 radical (unpaired) electrons. The Hall–Kier alpha value is -3.15. The number of hydrogen-bond acceptors (Lipinski definition) is 3. The number of unbranched alkanes of at least 4 members (excludes halogenated alkanes) is 1. The van der Waals surface area contributed by atoms with E-state index in [9.17, 15) is 14.4 Å². The van der Waals surface area contributed by atoms with Gasteiger partial charge in [0.25, 0.3) is 5.56 Å². The zero-order valence-electron chi connectivity index (χ0n) is 15.3. The number of nitrogens with one attached hydrogen (secondary N) is 2. The number of para-hydroxylation sites is 1. The predicted molar refractivity (Wildman–Crippen MR) is 106 cm³/mol. The van der Waals surface area contributed by atoms with Crippen LogP contribution in [0.25, 0.3) is 10.9 Å². The van der Waals surface area contributed by atoms with Crippen LogP contribution in [0.1, 0.15) is 31.4 Å². The third-order valence-corrected chi connectivity index (χ3v) is 4.55. The molecule has 1 atom stereocenters. The van der Waals surface area contributed by atoms with Crippen LogP contribution in [0.4, 0.5) is 0 Å². The molecule has 0 unspecified atom stereocenters. The summed E-state index contributed by atoms with van der Waals surface area (Å²) in [6.45, 7) is 2.55. The number of hydrogen-bond donors (Lipinski definition) is 2. The number of fused-ring (bicyclic) bond motifs is 1. The summed E-state index contributed by atoms with van der Waals surface area (Å²) in [5.74, 6) is -0.324. The molecule has 1 aromatic heterocycles. The summed E-state index contributed by atoms with van der Waals surface area (Å²) in [7, 11) is 0. The van der Waals surface area contributed by atoms with Gasteiger partial charge in [-0.15, -0.1) is 0 Å². The van der Waals surface area contributed by atoms with Crippen molar-refractivity contribution in [2.24, 2.45) is 0 Å². The first kappa shape index (κ1) is 18.6. The van der Waals surface area contributed by atoms with Gasteiger partial charge < -0.3 is 10.3 Å². The summed E-state index contributed by atoms with van der Waals surface area (Å²) in [5.41, 5.74) is 0.312. The Labute approximate surface area is 156 Å². The Morgan fingerprint density at radius 1 is 1.07 bits per heavy atom. The standard InChI is InChI=1S/C21H23N3O3/c1-2-3-13-22-19(25)18(14-15-9-5-4-6-10-15)24-20(26)16-11-7-8-12-17(16)23-21(24)27/h4-12,18H,2-3,13-14H2,1H3,(H,22,25)(H,23,27)/t18-/m0/s1. The van der Waals surface area contributed by atoms with E-state index in [2.05, 4.69) is 10.3 Å². The second-order valence-electron chi connectivity index (χ2n) is 6.50. The molecule has 3 aromatic rings. The smallest absolute Gasteiger partial charge is 0.329 e. The van der Waals surface area contributed by atoms with Crippen LogP contribution in [0.2, 0.25) is 0 Å². The molecule has 6 nitrogen and oxygen atoms in total. The average Bonchev–Trinajstić information content (AvgIpc) is 2.68. The number of aromatic nitrogens is 2. The molecule has 1 heterocycles. The Bertz CT molecular complexity index is 1040. The molecule has 2 aromatic carbocycles. The van der Waals surface area contributed by atoms with E-state index in [-0.39, 0.29) is 12.3 Å². The summed E-state index contributed by atoms with van der Waals surface area (Å²) in [6, 6.07) is 15.3. The number of nitrogens with zero attached hydrogens (tertiary/aromatic N) is 1. The van der Waals surface area contributed by atoms with E-state index in [1.165, 1.54) is 0 Å². The van der Waals surface area contributed by atoms with E-state index in [0.717, 1.165) is 23.0 Å². The summed E-state index contributed by atoms with van der Waals surface area (Å²) >= 11 is 0. The van der Waals surface area contributed by atoms with E-state index >= 15 is 0 Å². The second kappa shape index (κ2) is 8.49. The molecule has 0 aliphatic heterocycles. The maximum atomic E-state index is 13.0. The van der Waals surface area contributed by atoms with Gasteiger partial charge in [-0.2, -0.15) is 0 Å². The zero-order valence-corrected chi connectivity index (χ0v) is 15.3. The van der Waals surface area contributed by atoms with Gasteiger partial charge in [-0.05, 0) is 24.1 Å². The summed E-state index contributed by atoms with van der Waals surface area (Å²) in [6.07, 6.45) is 2.05. The van der Waals surface area contributed by atoms with Crippen molar-refractivity contribution in [2.75, 3.05) is 6.54 Å². The maximum absolute atomic E-state index is 13.0. The lowest BCUT2D eigenvalue weighted by Gasteiger charge is -2.19. The van der Waals surface area contributed by atoms with Crippen LogP contribution < -0.4 is 16.6 Å². The SMILES string of the molecule is CCCCNC(=O)[C@H](Cc1ccccc1)n1c(=O)[nH]c2ccccc2c1=O. The minimum Gasteiger partial charge on any atom is -0.354 e. The van der Waals surface area contributed by atoms with Crippen molar-refractivity contribution in [3.05, 3.63) is 81.0 Å². The number of amides is 1. The van der Waals surface area contributed by atoms with E-state index in [4.69, 9.17) is 0 Å². The van der Waals surface area contributed by atoms with Crippen LogP contribution in [0.15, 0.2) is 64.2 Å². The Balaban J connectivity index is 2.07. The first-order valence-electron chi connectivity index (χ1n) is 9.17. The molecule has 0 saturated heterocycles. The lowest BCUT2D eigenvalue weighted by Crippen LogP contribution is -2.45. The fourth-order valence-electron chi connectivity index (χ4n) is 3.10. The van der Waals surface area contributed by atoms with Crippen LogP contribution in [0.3, 0.4) is 0 Å². The predicted octanol–water partition coefficient (Wildman–Crippen LogP) is 2.39. The third-order valence-electron chi connectivity index (χ3n) is 4.55. The highest BCUT2D eigenvalue weighted by atomic mass is 16.2. The molecular weight excluding hydrogens is 342 g/mol. The number of rotatable bonds is 7. The molecule has 3 rings (SSSR count). The Morgan fingerprint density at radius 2 is 1.78 bits per heavy atom. The van der Waals surface area contributed by atoms with Crippen molar-refractivity contribution in [3.63, 3.8) is 0 Å². The van der Waals surface area contributed by atoms with Gasteiger partial charge in [-0.1, -0.05) is 55.8 Å². The molecule has 6 heteroatoms. The zero-order chi connectivity index (χ0) is 19.2. The van der Waals surface area contributed by atoms with Gasteiger partial charge in [0.15, 0.2) is 0 Å². The highest BCUT2D eigenvalue weighted by molar-refractivity contribution is 5.82. The number of benzene rings is 2. The second-order valence-corrected chi connectivity index (χ2v) is 6.50. The van der Waals surface area contributed by atoms with Crippen molar-refractivity contribution in [3.8, 4) is 0 Å². The van der Waals surface area contributed by atoms with Crippen LogP contribution in [-0.4, -0.2) is 22.0 Å². The van der Waals surface area contributed by atoms with E-state index in [1.54, 1.807) is 24.3 Å². The molecule has 0 aliphatic carbocycles. The Morgan fingerprint density at radius 3 is 2.52 bits per heavy atom. The van der Waals surface area contributed by atoms with Gasteiger partial charge in [-0.3, -0.25) is 9.59 Å². The topological polar surface area (TPSA) is 84.0 Å². The third kappa shape index (κ3) is 4.16. The highest BCUT2D eigenvalue weighted by Crippen LogP contribution is 2.13. The van der Waals surface area contributed by atoms with Gasteiger partial charge >= 0.3 is 5.69 Å². The first-order valence-corrected chi connectivity index (χ1v) is 9.17. The largest absolute Gasteiger partial charge is 0.354 e. The fraction of sp³-hybridized carbons (Fsp3) is 0.286. The van der Waals surface area contributed by atoms with E-state index in [0.29, 0.717) is 17.4 Å². The first-order chi connectivity index (χ1) is 13.1. The molecule has 0 fully saturated rings. The number of carbonyl (C=O) groups is 1. The van der Waals surface area contributed by atoms with Crippen molar-refractivity contribution in [1.82, 2.24) is 14.9 Å². The van der Waals surface area contributed by atoms with Crippen molar-refractivity contribution in [1.29, 1.82) is 0 Å². The minimum absolute atomic E-state index is 0.264. The number of aromatic amines is 1. The monoisotopic (exact) mass is 365 g/mol. The Kier molecular flexibility index (Phi) is 5.86. The minimum atomic E-state index is -0.912. The van der Waals surface area contributed by atoms with Gasteiger partial charge in [-0.25, -0.2) is 9.36 Å². The highest BCUT2D eigenvalue weighted by Gasteiger charge is 2.25. The molecule has 0 aliphatic rings. The van der Waals surface area contributed by atoms with Crippen molar-refractivity contribution in [2.45, 2.75) is 32.2 Å². The number of H-pyrrole nitrogens is 1. The molecule has 27 heavy (non-hydrogen) atoms. The van der Waals surface area contributed by atoms with Gasteiger partial charge in [0.2, 0.25) is 5.91 Å². The van der Waals surface area contributed by atoms with Gasteiger partial charge in [0.05, 0.1) is 10.9 Å². The van der Waals surface area contributed by atoms with Crippen molar-refractivity contribution >= 4 is 16.8 Å². The quantitative estimate of drug-likeness (QED) is 0.631. The van der Waals surface area contributed by atoms with Crippen molar-refractivity contribution < 1.29 is 4.79 Å². The fourth-order valence-corrected chi connectivity index (χ4v) is 3.10. The summed E-state index contributed by atoms with van der Waals surface area (Å²) in [4.78, 5) is 41.2. The molecule has 140 valence electrons. The van der Waals surface area contributed by atoms with Crippen LogP contribution >= 0.6 is 0 Å². The van der Waals surface area contributed by atoms with Gasteiger partial charge in [0.1, 0.15) is 6.04 Å². The lowest BCUT2D eigenvalue weighted by atomic mass is 10.0. The molecule has 1 amide bonds. The average molecular weight is 365 g/mol. The molecule has 2 N–H and O–H groups in total. The van der Waals surface area contributed by atoms with Crippen LogP contribution in [-0.2, 0) is 11.2 Å². The normalized spacial score (nSPS) is 12.0. The molecule has 0 spiro atoms. The summed E-state index contributed by atoms with van der Waals surface area (Å²) < 4.78 is 1.04. The maximum Gasteiger partial charge on any atom is 0.329 e. The molecule has 0 saturated carbocycles. The lowest BCUT2D eigenvalue weighted by molar-refractivity contribution is -0.124. The van der Waals surface area contributed by atoms with Crippen LogP contribution in [0.5, 0.6) is 0 Å². The van der Waals surface area contributed by atoms with E-state index in [1.807, 2.05) is 37.3 Å². The molecule has 0 bridgehead atoms. The van der Waals surface area contributed by atoms with E-state index < -0.39 is 17.3 Å². The van der Waals surface area contributed by atoms with Gasteiger partial charge in [0, 0.05) is 13.0 Å². The molecular formula is C21H23N3O3. The van der Waals surface area contributed by atoms with Crippen LogP contribution in [0, 0.1) is 0 Å².